The number of esters is 1. The predicted octanol–water partition coefficient (Wildman–Crippen LogP) is 1.38. The summed E-state index contributed by atoms with van der Waals surface area (Å²) >= 11 is 0. The molecular weight excluding hydrogens is 258 g/mol. The molecule has 1 aromatic rings. The second-order valence-corrected chi connectivity index (χ2v) is 4.07. The van der Waals surface area contributed by atoms with Crippen molar-refractivity contribution in [2.75, 3.05) is 13.7 Å². The molecule has 0 atom stereocenters. The molecule has 0 bridgehead atoms. The summed E-state index contributed by atoms with van der Waals surface area (Å²) in [6, 6.07) is 0.690. The molecule has 104 valence electrons. The van der Waals surface area contributed by atoms with Crippen LogP contribution in [0.25, 0.3) is 0 Å². The van der Waals surface area contributed by atoms with Crippen molar-refractivity contribution >= 4 is 11.9 Å². The molecule has 7 heteroatoms. The Morgan fingerprint density at radius 1 is 1.42 bits per heavy atom. The highest BCUT2D eigenvalue weighted by molar-refractivity contribution is 5.96. The number of aromatic nitrogens is 1. The van der Waals surface area contributed by atoms with Crippen LogP contribution in [0.4, 0.5) is 8.78 Å². The van der Waals surface area contributed by atoms with Crippen LogP contribution in [-0.2, 0) is 9.53 Å². The van der Waals surface area contributed by atoms with E-state index >= 15 is 0 Å². The normalized spacial score (nSPS) is 10.4. The van der Waals surface area contributed by atoms with Crippen LogP contribution in [0.1, 0.15) is 24.2 Å². The van der Waals surface area contributed by atoms with Gasteiger partial charge in [-0.15, -0.1) is 0 Å². The summed E-state index contributed by atoms with van der Waals surface area (Å²) < 4.78 is 30.9. The van der Waals surface area contributed by atoms with E-state index in [2.05, 4.69) is 9.72 Å². The Bertz CT molecular complexity index is 492. The van der Waals surface area contributed by atoms with Crippen molar-refractivity contribution < 1.29 is 23.1 Å². The Hall–Kier alpha value is -2.05. The third-order valence-electron chi connectivity index (χ3n) is 2.49. The molecule has 1 rings (SSSR count). The highest BCUT2D eigenvalue weighted by atomic mass is 19.2. The molecule has 0 aliphatic rings. The van der Waals surface area contributed by atoms with Crippen LogP contribution in [0.3, 0.4) is 0 Å². The second kappa shape index (κ2) is 6.21. The molecule has 19 heavy (non-hydrogen) atoms. The zero-order valence-electron chi connectivity index (χ0n) is 10.8. The number of carbonyl (C=O) groups is 2. The Balaban J connectivity index is 3.06. The first-order valence-electron chi connectivity index (χ1n) is 5.56. The van der Waals surface area contributed by atoms with Crippen LogP contribution in [0.15, 0.2) is 12.3 Å². The molecule has 1 heterocycles. The van der Waals surface area contributed by atoms with E-state index < -0.39 is 29.2 Å². The highest BCUT2D eigenvalue weighted by Gasteiger charge is 2.25. The monoisotopic (exact) mass is 272 g/mol. The minimum Gasteiger partial charge on any atom is -0.468 e. The van der Waals surface area contributed by atoms with E-state index in [0.29, 0.717) is 0 Å². The van der Waals surface area contributed by atoms with Crippen molar-refractivity contribution in [3.63, 3.8) is 0 Å². The number of carbonyl (C=O) groups excluding carboxylic acids is 2. The number of nitrogens with zero attached hydrogens (tertiary/aromatic N) is 2. The van der Waals surface area contributed by atoms with Gasteiger partial charge >= 0.3 is 5.97 Å². The quantitative estimate of drug-likeness (QED) is 0.614. The molecule has 0 saturated carbocycles. The smallest absolute Gasteiger partial charge is 0.325 e. The predicted molar refractivity (Wildman–Crippen MR) is 62.3 cm³/mol. The van der Waals surface area contributed by atoms with Crippen molar-refractivity contribution in [2.45, 2.75) is 19.9 Å². The van der Waals surface area contributed by atoms with Gasteiger partial charge in [0.15, 0.2) is 5.82 Å². The van der Waals surface area contributed by atoms with Crippen LogP contribution in [-0.4, -0.2) is 41.5 Å². The lowest BCUT2D eigenvalue weighted by molar-refractivity contribution is -0.141. The average molecular weight is 272 g/mol. The Kier molecular flexibility index (Phi) is 4.91. The minimum absolute atomic E-state index is 0.337. The van der Waals surface area contributed by atoms with Crippen LogP contribution in [0.5, 0.6) is 0 Å². The van der Waals surface area contributed by atoms with E-state index in [1.807, 2.05) is 0 Å². The maximum Gasteiger partial charge on any atom is 0.325 e. The summed E-state index contributed by atoms with van der Waals surface area (Å²) in [6.45, 7) is 2.96. The number of amides is 1. The molecule has 5 nitrogen and oxygen atoms in total. The van der Waals surface area contributed by atoms with Crippen molar-refractivity contribution in [2.24, 2.45) is 0 Å². The van der Waals surface area contributed by atoms with Gasteiger partial charge in [0.1, 0.15) is 6.54 Å². The van der Waals surface area contributed by atoms with Gasteiger partial charge < -0.3 is 9.64 Å². The van der Waals surface area contributed by atoms with E-state index in [0.717, 1.165) is 17.2 Å². The maximum absolute atomic E-state index is 13.5. The third kappa shape index (κ3) is 3.46. The minimum atomic E-state index is -1.35. The number of halogens is 2. The summed E-state index contributed by atoms with van der Waals surface area (Å²) in [6.07, 6.45) is 0.988. The van der Waals surface area contributed by atoms with Gasteiger partial charge in [-0.05, 0) is 19.9 Å². The van der Waals surface area contributed by atoms with E-state index in [9.17, 15) is 18.4 Å². The topological polar surface area (TPSA) is 59.5 Å². The molecule has 0 radical (unpaired) electrons. The van der Waals surface area contributed by atoms with E-state index in [-0.39, 0.29) is 12.6 Å². The molecule has 0 saturated heterocycles. The molecule has 0 N–H and O–H groups in total. The van der Waals surface area contributed by atoms with Gasteiger partial charge in [-0.25, -0.2) is 9.37 Å². The number of rotatable bonds is 4. The summed E-state index contributed by atoms with van der Waals surface area (Å²) in [7, 11) is 1.18. The largest absolute Gasteiger partial charge is 0.468 e. The van der Waals surface area contributed by atoms with Gasteiger partial charge in [0.05, 0.1) is 12.7 Å². The van der Waals surface area contributed by atoms with E-state index in [1.165, 1.54) is 7.11 Å². The van der Waals surface area contributed by atoms with Crippen molar-refractivity contribution in [3.8, 4) is 0 Å². The lowest BCUT2D eigenvalue weighted by atomic mass is 10.2. The lowest BCUT2D eigenvalue weighted by Gasteiger charge is -2.25. The molecule has 1 aromatic heterocycles. The van der Waals surface area contributed by atoms with E-state index in [4.69, 9.17) is 0 Å². The fraction of sp³-hybridized carbons (Fsp3) is 0.417. The number of hydrogen-bond acceptors (Lipinski definition) is 4. The molecule has 0 fully saturated rings. The van der Waals surface area contributed by atoms with Crippen LogP contribution in [0, 0.1) is 11.8 Å². The van der Waals surface area contributed by atoms with Gasteiger partial charge in [0.2, 0.25) is 5.95 Å². The summed E-state index contributed by atoms with van der Waals surface area (Å²) in [5.74, 6) is -4.12. The Labute approximate surface area is 109 Å². The number of pyridine rings is 1. The molecule has 0 aliphatic carbocycles. The van der Waals surface area contributed by atoms with Gasteiger partial charge in [-0.2, -0.15) is 4.39 Å². The number of methoxy groups -OCH3 is 1. The fourth-order valence-corrected chi connectivity index (χ4v) is 1.43. The first-order valence-corrected chi connectivity index (χ1v) is 5.56. The lowest BCUT2D eigenvalue weighted by Crippen LogP contribution is -2.41. The summed E-state index contributed by atoms with van der Waals surface area (Å²) in [5.41, 5.74) is -0.467. The Morgan fingerprint density at radius 3 is 2.58 bits per heavy atom. The third-order valence-corrected chi connectivity index (χ3v) is 2.49. The number of ether oxygens (including phenoxy) is 1. The van der Waals surface area contributed by atoms with Crippen LogP contribution < -0.4 is 0 Å². The van der Waals surface area contributed by atoms with Gasteiger partial charge in [0, 0.05) is 12.2 Å². The average Bonchev–Trinajstić information content (AvgIpc) is 2.37. The molecule has 0 aromatic carbocycles. The van der Waals surface area contributed by atoms with Crippen molar-refractivity contribution in [1.29, 1.82) is 0 Å². The summed E-state index contributed by atoms with van der Waals surface area (Å²) in [4.78, 5) is 27.5. The first-order chi connectivity index (χ1) is 8.88. The Morgan fingerprint density at radius 2 is 2.05 bits per heavy atom. The fourth-order valence-electron chi connectivity index (χ4n) is 1.43. The van der Waals surface area contributed by atoms with Crippen LogP contribution >= 0.6 is 0 Å². The molecular formula is C12H14F2N2O3. The summed E-state index contributed by atoms with van der Waals surface area (Å²) in [5, 5.41) is 0. The van der Waals surface area contributed by atoms with Gasteiger partial charge in [-0.1, -0.05) is 0 Å². The van der Waals surface area contributed by atoms with E-state index in [1.54, 1.807) is 13.8 Å². The van der Waals surface area contributed by atoms with Gasteiger partial charge in [-0.3, -0.25) is 9.59 Å². The standard InChI is InChI=1S/C12H14F2N2O3/c1-7(2)16(6-9(17)19-3)12(18)8-4-5-15-11(14)10(8)13/h4-5,7H,6H2,1-3H3. The first kappa shape index (κ1) is 15.0. The second-order valence-electron chi connectivity index (χ2n) is 4.07. The van der Waals surface area contributed by atoms with Crippen LogP contribution in [0.2, 0.25) is 0 Å². The highest BCUT2D eigenvalue weighted by Crippen LogP contribution is 2.13. The maximum atomic E-state index is 13.5. The van der Waals surface area contributed by atoms with Crippen molar-refractivity contribution in [1.82, 2.24) is 9.88 Å². The number of hydrogen-bond donors (Lipinski definition) is 0. The zero-order chi connectivity index (χ0) is 14.6. The molecule has 0 aliphatic heterocycles. The SMILES string of the molecule is COC(=O)CN(C(=O)c1ccnc(F)c1F)C(C)C. The van der Waals surface area contributed by atoms with Gasteiger partial charge in [0.25, 0.3) is 5.91 Å². The van der Waals surface area contributed by atoms with Crippen molar-refractivity contribution in [3.05, 3.63) is 29.6 Å². The molecule has 1 amide bonds. The zero-order valence-corrected chi connectivity index (χ0v) is 10.8. The molecule has 0 spiro atoms. The molecule has 0 unspecified atom stereocenters.